The Bertz CT molecular complexity index is 2630. The van der Waals surface area contributed by atoms with Crippen molar-refractivity contribution in [2.75, 3.05) is 61.3 Å². The molecule has 3 aliphatic heterocycles. The van der Waals surface area contributed by atoms with Crippen molar-refractivity contribution in [3.8, 4) is 11.1 Å². The third kappa shape index (κ3) is 8.15. The molecule has 6 heterocycles. The number of anilines is 3. The number of H-pyrrole nitrogens is 1. The van der Waals surface area contributed by atoms with Crippen LogP contribution in [0.25, 0.3) is 22.2 Å². The van der Waals surface area contributed by atoms with E-state index in [9.17, 15) is 27.6 Å². The number of aromatic nitrogens is 3. The predicted molar refractivity (Wildman–Crippen MR) is 219 cm³/mol. The normalized spacial score (nSPS) is 17.2. The first-order valence-electron chi connectivity index (χ1n) is 19.5. The molecule has 2 fully saturated rings. The molecular formula is C41H42F2N10O6S. The first kappa shape index (κ1) is 40.5. The summed E-state index contributed by atoms with van der Waals surface area (Å²) in [5.74, 6) is -3.30. The number of piperazine rings is 1. The van der Waals surface area contributed by atoms with E-state index in [1.54, 1.807) is 25.4 Å². The Balaban J connectivity index is 0.877. The molecule has 2 saturated heterocycles. The zero-order valence-corrected chi connectivity index (χ0v) is 33.6. The maximum Gasteiger partial charge on any atom is 0.301 e. The summed E-state index contributed by atoms with van der Waals surface area (Å²) >= 11 is 0. The molecule has 1 unspecified atom stereocenters. The van der Waals surface area contributed by atoms with Gasteiger partial charge in [0.2, 0.25) is 23.5 Å². The molecule has 3 aromatic heterocycles. The summed E-state index contributed by atoms with van der Waals surface area (Å²) in [4.78, 5) is 68.7. The summed E-state index contributed by atoms with van der Waals surface area (Å²) in [6, 6.07) is 12.6. The number of pyridine rings is 2. The highest BCUT2D eigenvalue weighted by Crippen LogP contribution is 2.31. The summed E-state index contributed by atoms with van der Waals surface area (Å²) in [7, 11) is -2.85. The minimum Gasteiger partial charge on any atom is -0.374 e. The van der Waals surface area contributed by atoms with E-state index in [1.807, 2.05) is 35.2 Å². The van der Waals surface area contributed by atoms with Crippen LogP contribution in [-0.4, -0.2) is 113 Å². The van der Waals surface area contributed by atoms with Crippen LogP contribution in [-0.2, 0) is 37.7 Å². The first-order valence-corrected chi connectivity index (χ1v) is 20.9. The number of nitrogens with zero attached hydrogens (tertiary/aromatic N) is 6. The summed E-state index contributed by atoms with van der Waals surface area (Å²) in [6.07, 6.45) is 5.30. The Kier molecular flexibility index (Phi) is 11.1. The van der Waals surface area contributed by atoms with Crippen LogP contribution < -0.4 is 20.3 Å². The molecule has 5 aromatic rings. The number of benzene rings is 2. The third-order valence-electron chi connectivity index (χ3n) is 11.2. The van der Waals surface area contributed by atoms with Crippen LogP contribution in [0.4, 0.5) is 26.0 Å². The van der Waals surface area contributed by atoms with Crippen molar-refractivity contribution in [2.45, 2.75) is 38.9 Å². The van der Waals surface area contributed by atoms with E-state index in [-0.39, 0.29) is 36.4 Å². The number of piperidine rings is 1. The molecule has 312 valence electrons. The molecule has 60 heavy (non-hydrogen) atoms. The summed E-state index contributed by atoms with van der Waals surface area (Å²) in [5, 5.41) is 5.90. The molecule has 8 rings (SSSR count). The lowest BCUT2D eigenvalue weighted by Crippen LogP contribution is -2.51. The van der Waals surface area contributed by atoms with Gasteiger partial charge >= 0.3 is 10.2 Å². The lowest BCUT2D eigenvalue weighted by molar-refractivity contribution is -0.134. The number of amides is 3. The number of hydrogen-bond donors (Lipinski definition) is 4. The molecule has 0 radical (unpaired) electrons. The fraction of sp³-hybridized carbons (Fsp3) is 0.317. The molecule has 0 saturated carbocycles. The van der Waals surface area contributed by atoms with E-state index in [0.717, 1.165) is 39.1 Å². The van der Waals surface area contributed by atoms with Gasteiger partial charge in [-0.15, -0.1) is 0 Å². The number of nitrogens with one attached hydrogen (secondary N) is 4. The van der Waals surface area contributed by atoms with Gasteiger partial charge in [0, 0.05) is 106 Å². The van der Waals surface area contributed by atoms with Gasteiger partial charge in [0.15, 0.2) is 5.82 Å². The van der Waals surface area contributed by atoms with Gasteiger partial charge in [-0.05, 0) is 60.0 Å². The number of hydrogen-bond acceptors (Lipinski definition) is 11. The monoisotopic (exact) mass is 840 g/mol. The Morgan fingerprint density at radius 3 is 2.45 bits per heavy atom. The smallest absolute Gasteiger partial charge is 0.301 e. The lowest BCUT2D eigenvalue weighted by Gasteiger charge is -2.36. The zero-order valence-electron chi connectivity index (χ0n) is 32.8. The largest absolute Gasteiger partial charge is 0.374 e. The van der Waals surface area contributed by atoms with Crippen LogP contribution in [0, 0.1) is 11.6 Å². The molecule has 4 N–H and O–H groups in total. The van der Waals surface area contributed by atoms with Crippen LogP contribution in [0.1, 0.15) is 46.8 Å². The molecule has 0 spiro atoms. The third-order valence-corrected chi connectivity index (χ3v) is 12.7. The fourth-order valence-corrected chi connectivity index (χ4v) is 8.56. The summed E-state index contributed by atoms with van der Waals surface area (Å²) in [5.41, 5.74) is 3.08. The van der Waals surface area contributed by atoms with Crippen LogP contribution in [0.3, 0.4) is 0 Å². The Labute approximate surface area is 344 Å². The number of ketones is 1. The Hall–Kier alpha value is -6.31. The van der Waals surface area contributed by atoms with Crippen molar-refractivity contribution in [1.29, 1.82) is 0 Å². The van der Waals surface area contributed by atoms with Crippen LogP contribution in [0.15, 0.2) is 67.1 Å². The van der Waals surface area contributed by atoms with Gasteiger partial charge in [-0.25, -0.2) is 18.7 Å². The van der Waals surface area contributed by atoms with E-state index >= 15 is 8.78 Å². The number of carbonyl (C=O) groups is 4. The molecule has 2 aromatic carbocycles. The number of carbonyl (C=O) groups excluding carboxylic acids is 4. The van der Waals surface area contributed by atoms with Crippen LogP contribution in [0.2, 0.25) is 0 Å². The highest BCUT2D eigenvalue weighted by atomic mass is 32.2. The molecule has 0 aliphatic carbocycles. The average molecular weight is 841 g/mol. The second kappa shape index (κ2) is 16.4. The second-order valence-electron chi connectivity index (χ2n) is 15.0. The second-order valence-corrected chi connectivity index (χ2v) is 16.8. The SMILES string of the molecule is CCN(C)S(=O)(=O)Nc1ccc(F)c(C(=O)c2c[nH]c3ncc(-c4ccc(N5CCN(C(=O)CN6Cc7ccc(NC8CCC(=O)NC8=O)cc7C6)CC5)nc4)cc23)c1F. The van der Waals surface area contributed by atoms with Gasteiger partial charge in [0.25, 0.3) is 0 Å². The maximum absolute atomic E-state index is 15.6. The number of halogens is 2. The molecule has 1 atom stereocenters. The predicted octanol–water partition coefficient (Wildman–Crippen LogP) is 3.62. The molecule has 16 nitrogen and oxygen atoms in total. The quantitative estimate of drug-likeness (QED) is 0.106. The fourth-order valence-electron chi connectivity index (χ4n) is 7.63. The molecular weight excluding hydrogens is 799 g/mol. The van der Waals surface area contributed by atoms with Crippen molar-refractivity contribution in [1.82, 2.24) is 34.4 Å². The number of rotatable bonds is 12. The molecule has 3 amide bonds. The topological polar surface area (TPSA) is 193 Å². The van der Waals surface area contributed by atoms with Gasteiger partial charge in [-0.2, -0.15) is 12.7 Å². The van der Waals surface area contributed by atoms with E-state index in [2.05, 4.69) is 40.1 Å². The number of imide groups is 1. The first-order chi connectivity index (χ1) is 28.8. The van der Waals surface area contributed by atoms with Crippen molar-refractivity contribution in [3.05, 3.63) is 101 Å². The number of fused-ring (bicyclic) bond motifs is 2. The summed E-state index contributed by atoms with van der Waals surface area (Å²) in [6.45, 7) is 5.45. The molecule has 19 heteroatoms. The van der Waals surface area contributed by atoms with Crippen molar-refractivity contribution < 1.29 is 36.4 Å². The minimum absolute atomic E-state index is 0.0424. The minimum atomic E-state index is -4.15. The average Bonchev–Trinajstić information content (AvgIpc) is 3.86. The molecule has 0 bridgehead atoms. The Morgan fingerprint density at radius 1 is 0.950 bits per heavy atom. The highest BCUT2D eigenvalue weighted by molar-refractivity contribution is 7.90. The van der Waals surface area contributed by atoms with E-state index in [0.29, 0.717) is 74.3 Å². The van der Waals surface area contributed by atoms with Crippen molar-refractivity contribution in [2.24, 2.45) is 0 Å². The standard InChI is InChI=1S/C41H42F2N10O6S/c1-3-50(2)60(58,59)49-32-8-7-31(42)37(38(32)43)39(56)30-20-46-40-29(30)17-26(19-45-40)24-5-10-34(44-18-24)52-12-14-53(15-13-52)36(55)23-51-21-25-4-6-28(16-27(25)22-51)47-33-9-11-35(54)48-41(33)57/h4-8,10,16-20,33,47,49H,3,9,11-15,21-23H2,1-2H3,(H,45,46)(H,48,54,57). The zero-order chi connectivity index (χ0) is 42.3. The van der Waals surface area contributed by atoms with E-state index < -0.39 is 44.9 Å². The number of aromatic amines is 1. The van der Waals surface area contributed by atoms with E-state index in [4.69, 9.17) is 0 Å². The maximum atomic E-state index is 15.6. The van der Waals surface area contributed by atoms with Gasteiger partial charge in [-0.1, -0.05) is 13.0 Å². The molecule has 3 aliphatic rings. The highest BCUT2D eigenvalue weighted by Gasteiger charge is 2.30. The van der Waals surface area contributed by atoms with E-state index in [1.165, 1.54) is 13.2 Å². The summed E-state index contributed by atoms with van der Waals surface area (Å²) < 4.78 is 58.7. The van der Waals surface area contributed by atoms with Crippen molar-refractivity contribution >= 4 is 61.9 Å². The van der Waals surface area contributed by atoms with Gasteiger partial charge in [0.1, 0.15) is 23.3 Å². The van der Waals surface area contributed by atoms with Gasteiger partial charge in [0.05, 0.1) is 17.8 Å². The lowest BCUT2D eigenvalue weighted by atomic mass is 10.00. The van der Waals surface area contributed by atoms with Crippen LogP contribution >= 0.6 is 0 Å². The van der Waals surface area contributed by atoms with Gasteiger partial charge in [-0.3, -0.25) is 34.1 Å². The van der Waals surface area contributed by atoms with Crippen molar-refractivity contribution in [3.63, 3.8) is 0 Å². The van der Waals surface area contributed by atoms with Crippen LogP contribution in [0.5, 0.6) is 0 Å². The Morgan fingerprint density at radius 2 is 1.72 bits per heavy atom. The van der Waals surface area contributed by atoms with Gasteiger partial charge < -0.3 is 20.1 Å².